The van der Waals surface area contributed by atoms with Crippen LogP contribution in [-0.2, 0) is 16.8 Å². The molecule has 0 unspecified atom stereocenters. The first-order valence-corrected chi connectivity index (χ1v) is 13.1. The second-order valence-corrected chi connectivity index (χ2v) is 10.7. The number of aryl methyl sites for hydroxylation is 1. The number of ether oxygens (including phenoxy) is 2. The molecule has 2 heterocycles. The molecule has 1 fully saturated rings. The quantitative estimate of drug-likeness (QED) is 0.382. The van der Waals surface area contributed by atoms with E-state index in [-0.39, 0.29) is 11.3 Å². The lowest BCUT2D eigenvalue weighted by atomic mass is 9.74. The van der Waals surface area contributed by atoms with Crippen LogP contribution in [0.15, 0.2) is 66.7 Å². The lowest BCUT2D eigenvalue weighted by Crippen LogP contribution is -2.68. The summed E-state index contributed by atoms with van der Waals surface area (Å²) < 4.78 is 12.0. The van der Waals surface area contributed by atoms with Crippen molar-refractivity contribution in [3.8, 4) is 11.5 Å². The maximum Gasteiger partial charge on any atom is 0.223 e. The van der Waals surface area contributed by atoms with E-state index < -0.39 is 5.66 Å². The van der Waals surface area contributed by atoms with Gasteiger partial charge in [-0.05, 0) is 66.9 Å². The highest BCUT2D eigenvalue weighted by Crippen LogP contribution is 2.52. The molecule has 0 spiro atoms. The van der Waals surface area contributed by atoms with Crippen molar-refractivity contribution in [2.45, 2.75) is 51.8 Å². The fourth-order valence-corrected chi connectivity index (χ4v) is 5.70. The minimum Gasteiger partial charge on any atom is -0.490 e. The molecule has 0 aliphatic carbocycles. The van der Waals surface area contributed by atoms with Gasteiger partial charge in [-0.25, -0.2) is 0 Å². The van der Waals surface area contributed by atoms with Gasteiger partial charge in [0.1, 0.15) is 12.3 Å². The van der Waals surface area contributed by atoms with E-state index in [0.29, 0.717) is 42.7 Å². The van der Waals surface area contributed by atoms with Crippen molar-refractivity contribution in [1.82, 2.24) is 5.32 Å². The number of halogens is 1. The summed E-state index contributed by atoms with van der Waals surface area (Å²) >= 11 is 6.11. The summed E-state index contributed by atoms with van der Waals surface area (Å²) in [6.07, 6.45) is 4.69. The molecule has 0 saturated carbocycles. The Kier molecular flexibility index (Phi) is 6.67. The minimum atomic E-state index is -0.661. The highest BCUT2D eigenvalue weighted by molar-refractivity contribution is 6.30. The summed E-state index contributed by atoms with van der Waals surface area (Å²) in [7, 11) is 0. The van der Waals surface area contributed by atoms with Gasteiger partial charge in [-0.3, -0.25) is 4.79 Å². The molecule has 5 nitrogen and oxygen atoms in total. The van der Waals surface area contributed by atoms with E-state index in [1.807, 2.05) is 49.4 Å². The number of amides is 1. The molecule has 5 rings (SSSR count). The van der Waals surface area contributed by atoms with Crippen LogP contribution in [0.4, 0.5) is 5.69 Å². The summed E-state index contributed by atoms with van der Waals surface area (Å²) in [4.78, 5) is 15.0. The standard InChI is InChI=1S/C31H33ClN2O3/c1-5-36-28-19-22(10-12-27(28)37-20-23-7-6-8-24(32)18-23)13-15-31-30(3,4)25-17-21(2)9-11-26(25)34(31)16-14-29(35)33-31/h6-13,15,17-19H,5,14,16,20H2,1-4H3,(H,33,35)/b15-13+/t31-/m1/s1. The third-order valence-electron chi connectivity index (χ3n) is 7.46. The van der Waals surface area contributed by atoms with Crippen molar-refractivity contribution in [3.63, 3.8) is 0 Å². The van der Waals surface area contributed by atoms with Crippen molar-refractivity contribution in [2.24, 2.45) is 0 Å². The van der Waals surface area contributed by atoms with Crippen molar-refractivity contribution < 1.29 is 14.3 Å². The normalized spacial score (nSPS) is 19.9. The fraction of sp³-hybridized carbons (Fsp3) is 0.323. The average Bonchev–Trinajstić information content (AvgIpc) is 3.05. The van der Waals surface area contributed by atoms with Gasteiger partial charge < -0.3 is 19.7 Å². The molecule has 2 aliphatic heterocycles. The first-order chi connectivity index (χ1) is 17.7. The predicted octanol–water partition coefficient (Wildman–Crippen LogP) is 6.65. The van der Waals surface area contributed by atoms with Crippen LogP contribution >= 0.6 is 11.6 Å². The molecule has 3 aromatic carbocycles. The summed E-state index contributed by atoms with van der Waals surface area (Å²) in [6, 6.07) is 20.1. The SMILES string of the molecule is CCOc1cc(/C=C/[C@@]23NC(=O)CCN2c2ccc(C)cc2C3(C)C)ccc1OCc1cccc(Cl)c1. The van der Waals surface area contributed by atoms with Crippen LogP contribution in [0, 0.1) is 6.92 Å². The zero-order valence-corrected chi connectivity index (χ0v) is 22.6. The third kappa shape index (κ3) is 4.57. The zero-order chi connectivity index (χ0) is 26.2. The Morgan fingerprint density at radius 1 is 1.05 bits per heavy atom. The van der Waals surface area contributed by atoms with Gasteiger partial charge >= 0.3 is 0 Å². The largest absolute Gasteiger partial charge is 0.490 e. The van der Waals surface area contributed by atoms with Gasteiger partial charge in [-0.15, -0.1) is 0 Å². The summed E-state index contributed by atoms with van der Waals surface area (Å²) in [5.41, 5.74) is 4.61. The highest BCUT2D eigenvalue weighted by Gasteiger charge is 2.57. The van der Waals surface area contributed by atoms with Crippen LogP contribution < -0.4 is 19.7 Å². The summed E-state index contributed by atoms with van der Waals surface area (Å²) in [6.45, 7) is 10.1. The summed E-state index contributed by atoms with van der Waals surface area (Å²) in [5, 5.41) is 4.03. The van der Waals surface area contributed by atoms with E-state index >= 15 is 0 Å². The number of hydrogen-bond acceptors (Lipinski definition) is 4. The molecule has 0 bridgehead atoms. The van der Waals surface area contributed by atoms with E-state index in [1.54, 1.807) is 0 Å². The molecule has 0 aromatic heterocycles. The monoisotopic (exact) mass is 516 g/mol. The maximum absolute atomic E-state index is 12.7. The van der Waals surface area contributed by atoms with Crippen LogP contribution in [0.1, 0.15) is 49.4 Å². The lowest BCUT2D eigenvalue weighted by molar-refractivity contribution is -0.124. The zero-order valence-electron chi connectivity index (χ0n) is 21.8. The van der Waals surface area contributed by atoms with Crippen LogP contribution in [0.3, 0.4) is 0 Å². The Balaban J connectivity index is 1.46. The number of anilines is 1. The topological polar surface area (TPSA) is 50.8 Å². The van der Waals surface area contributed by atoms with E-state index in [9.17, 15) is 4.79 Å². The first-order valence-electron chi connectivity index (χ1n) is 12.8. The molecule has 192 valence electrons. The second kappa shape index (κ2) is 9.79. The summed E-state index contributed by atoms with van der Waals surface area (Å²) in [5.74, 6) is 1.42. The first kappa shape index (κ1) is 25.2. The number of rotatable bonds is 7. The molecule has 2 aliphatic rings. The third-order valence-corrected chi connectivity index (χ3v) is 7.69. The fourth-order valence-electron chi connectivity index (χ4n) is 5.49. The molecule has 37 heavy (non-hydrogen) atoms. The Hall–Kier alpha value is -3.44. The lowest BCUT2D eigenvalue weighted by Gasteiger charge is -2.49. The van der Waals surface area contributed by atoms with Crippen LogP contribution in [0.25, 0.3) is 6.08 Å². The van der Waals surface area contributed by atoms with Crippen molar-refractivity contribution in [1.29, 1.82) is 0 Å². The number of fused-ring (bicyclic) bond motifs is 3. The molecular formula is C31H33ClN2O3. The number of benzene rings is 3. The van der Waals surface area contributed by atoms with E-state index in [0.717, 1.165) is 11.1 Å². The number of carbonyl (C=O) groups is 1. The molecule has 1 saturated heterocycles. The number of hydrogen-bond donors (Lipinski definition) is 1. The molecule has 0 radical (unpaired) electrons. The van der Waals surface area contributed by atoms with Crippen molar-refractivity contribution in [3.05, 3.63) is 94.0 Å². The Labute approximate surface area is 224 Å². The highest BCUT2D eigenvalue weighted by atomic mass is 35.5. The van der Waals surface area contributed by atoms with Gasteiger partial charge in [-0.1, -0.05) is 67.4 Å². The van der Waals surface area contributed by atoms with E-state index in [2.05, 4.69) is 61.3 Å². The smallest absolute Gasteiger partial charge is 0.223 e. The van der Waals surface area contributed by atoms with E-state index in [4.69, 9.17) is 21.1 Å². The van der Waals surface area contributed by atoms with Crippen LogP contribution in [0.2, 0.25) is 5.02 Å². The van der Waals surface area contributed by atoms with E-state index in [1.165, 1.54) is 16.8 Å². The maximum atomic E-state index is 12.7. The van der Waals surface area contributed by atoms with Crippen LogP contribution in [-0.4, -0.2) is 24.7 Å². The average molecular weight is 517 g/mol. The van der Waals surface area contributed by atoms with Crippen LogP contribution in [0.5, 0.6) is 11.5 Å². The molecule has 1 atom stereocenters. The van der Waals surface area contributed by atoms with Gasteiger partial charge in [-0.2, -0.15) is 0 Å². The van der Waals surface area contributed by atoms with Gasteiger partial charge in [0.05, 0.1) is 6.61 Å². The molecule has 6 heteroatoms. The number of nitrogens with zero attached hydrogens (tertiary/aromatic N) is 1. The second-order valence-electron chi connectivity index (χ2n) is 10.3. The minimum absolute atomic E-state index is 0.0678. The van der Waals surface area contributed by atoms with Gasteiger partial charge in [0, 0.05) is 29.1 Å². The van der Waals surface area contributed by atoms with Crippen molar-refractivity contribution in [2.75, 3.05) is 18.1 Å². The molecule has 1 N–H and O–H groups in total. The van der Waals surface area contributed by atoms with Gasteiger partial charge in [0.15, 0.2) is 11.5 Å². The molecule has 1 amide bonds. The predicted molar refractivity (Wildman–Crippen MR) is 149 cm³/mol. The Morgan fingerprint density at radius 2 is 1.89 bits per heavy atom. The van der Waals surface area contributed by atoms with Gasteiger partial charge in [0.25, 0.3) is 0 Å². The molecule has 3 aromatic rings. The number of nitrogens with one attached hydrogen (secondary N) is 1. The Morgan fingerprint density at radius 3 is 2.68 bits per heavy atom. The number of carbonyl (C=O) groups excluding carboxylic acids is 1. The molecular weight excluding hydrogens is 484 g/mol. The Bertz CT molecular complexity index is 1370. The van der Waals surface area contributed by atoms with Crippen molar-refractivity contribution >= 4 is 29.3 Å². The van der Waals surface area contributed by atoms with Gasteiger partial charge in [0.2, 0.25) is 5.91 Å².